The van der Waals surface area contributed by atoms with Crippen molar-refractivity contribution in [1.82, 2.24) is 0 Å². The van der Waals surface area contributed by atoms with E-state index >= 15 is 0 Å². The predicted octanol–water partition coefficient (Wildman–Crippen LogP) is 4.37. The van der Waals surface area contributed by atoms with Crippen molar-refractivity contribution < 1.29 is 0 Å². The molecule has 0 N–H and O–H groups in total. The Morgan fingerprint density at radius 1 is 1.07 bits per heavy atom. The molecule has 0 unspecified atom stereocenters. The highest BCUT2D eigenvalue weighted by molar-refractivity contribution is 5.82. The summed E-state index contributed by atoms with van der Waals surface area (Å²) < 4.78 is 0. The van der Waals surface area contributed by atoms with E-state index in [9.17, 15) is 0 Å². The van der Waals surface area contributed by atoms with Gasteiger partial charge in [0.05, 0.1) is 0 Å². The van der Waals surface area contributed by atoms with Gasteiger partial charge in [0.2, 0.25) is 0 Å². The largest absolute Gasteiger partial charge is 0.0801 e. The number of rotatable bonds is 1. The lowest BCUT2D eigenvalue weighted by Crippen LogP contribution is -1.94. The second kappa shape index (κ2) is 4.31. The minimum atomic E-state index is 1.06. The average Bonchev–Trinajstić information content (AvgIpc) is 2.30. The van der Waals surface area contributed by atoms with Gasteiger partial charge < -0.3 is 0 Å². The van der Waals surface area contributed by atoms with Crippen molar-refractivity contribution in [3.8, 4) is 0 Å². The van der Waals surface area contributed by atoms with Crippen LogP contribution in [0.4, 0.5) is 0 Å². The van der Waals surface area contributed by atoms with E-state index in [0.717, 1.165) is 6.42 Å². The molecule has 1 aromatic rings. The lowest BCUT2D eigenvalue weighted by molar-refractivity contribution is 1.19. The molecule has 0 aliphatic heterocycles. The molecule has 76 valence electrons. The van der Waals surface area contributed by atoms with Gasteiger partial charge in [-0.3, -0.25) is 0 Å². The number of hydrogen-bond acceptors (Lipinski definition) is 0. The Morgan fingerprint density at radius 3 is 2.47 bits per heavy atom. The fraction of sp³-hybridized carbons (Fsp3) is 0.200. The van der Waals surface area contributed by atoms with Crippen molar-refractivity contribution in [1.29, 1.82) is 0 Å². The summed E-state index contributed by atoms with van der Waals surface area (Å²) in [6.07, 6.45) is 7.63. The summed E-state index contributed by atoms with van der Waals surface area (Å²) in [4.78, 5) is 0. The van der Waals surface area contributed by atoms with E-state index in [1.165, 1.54) is 22.3 Å². The van der Waals surface area contributed by atoms with Crippen LogP contribution in [-0.2, 0) is 0 Å². The second-order valence-electron chi connectivity index (χ2n) is 4.06. The van der Waals surface area contributed by atoms with Crippen LogP contribution in [0.25, 0.3) is 5.57 Å². The summed E-state index contributed by atoms with van der Waals surface area (Å²) in [7, 11) is 0. The topological polar surface area (TPSA) is 0 Å². The third-order valence-corrected chi connectivity index (χ3v) is 2.73. The predicted molar refractivity (Wildman–Crippen MR) is 66.6 cm³/mol. The van der Waals surface area contributed by atoms with Gasteiger partial charge >= 0.3 is 0 Å². The Balaban J connectivity index is 2.48. The van der Waals surface area contributed by atoms with Crippen molar-refractivity contribution in [3.05, 3.63) is 65.3 Å². The molecule has 0 heteroatoms. The SMILES string of the molecule is CC(C)=C1CC=CC=C1c1ccccc1. The zero-order valence-electron chi connectivity index (χ0n) is 9.33. The van der Waals surface area contributed by atoms with E-state index < -0.39 is 0 Å². The molecule has 0 atom stereocenters. The van der Waals surface area contributed by atoms with Crippen molar-refractivity contribution in [2.24, 2.45) is 0 Å². The summed E-state index contributed by atoms with van der Waals surface area (Å²) in [6, 6.07) is 10.6. The molecule has 0 fully saturated rings. The quantitative estimate of drug-likeness (QED) is 0.625. The number of benzene rings is 1. The lowest BCUT2D eigenvalue weighted by Gasteiger charge is -2.15. The average molecular weight is 196 g/mol. The van der Waals surface area contributed by atoms with E-state index in [1.807, 2.05) is 0 Å². The van der Waals surface area contributed by atoms with Crippen LogP contribution >= 0.6 is 0 Å². The van der Waals surface area contributed by atoms with Crippen LogP contribution in [0.1, 0.15) is 25.8 Å². The zero-order valence-corrected chi connectivity index (χ0v) is 9.33. The van der Waals surface area contributed by atoms with Crippen LogP contribution < -0.4 is 0 Å². The molecule has 15 heavy (non-hydrogen) atoms. The molecule has 0 bridgehead atoms. The van der Waals surface area contributed by atoms with Gasteiger partial charge in [0.15, 0.2) is 0 Å². The van der Waals surface area contributed by atoms with E-state index in [4.69, 9.17) is 0 Å². The minimum absolute atomic E-state index is 1.06. The monoisotopic (exact) mass is 196 g/mol. The van der Waals surface area contributed by atoms with Crippen molar-refractivity contribution >= 4 is 5.57 Å². The van der Waals surface area contributed by atoms with Gasteiger partial charge in [0.1, 0.15) is 0 Å². The van der Waals surface area contributed by atoms with Crippen LogP contribution in [0.5, 0.6) is 0 Å². The maximum absolute atomic E-state index is 2.22. The van der Waals surface area contributed by atoms with Crippen LogP contribution in [-0.4, -0.2) is 0 Å². The molecule has 0 saturated heterocycles. The molecule has 2 rings (SSSR count). The molecule has 1 aliphatic rings. The smallest absolute Gasteiger partial charge is 0.00888 e. The Morgan fingerprint density at radius 2 is 1.80 bits per heavy atom. The maximum atomic E-state index is 2.22. The fourth-order valence-corrected chi connectivity index (χ4v) is 1.92. The van der Waals surface area contributed by atoms with E-state index in [1.54, 1.807) is 0 Å². The molecule has 0 amide bonds. The minimum Gasteiger partial charge on any atom is -0.0801 e. The summed E-state index contributed by atoms with van der Waals surface area (Å²) >= 11 is 0. The number of hydrogen-bond donors (Lipinski definition) is 0. The Labute approximate surface area is 91.6 Å². The molecule has 0 aromatic heterocycles. The lowest BCUT2D eigenvalue weighted by atomic mass is 9.89. The van der Waals surface area contributed by atoms with Gasteiger partial charge in [-0.1, -0.05) is 54.1 Å². The first-order chi connectivity index (χ1) is 7.29. The molecule has 1 aromatic carbocycles. The third-order valence-electron chi connectivity index (χ3n) is 2.73. The summed E-state index contributed by atoms with van der Waals surface area (Å²) in [5.74, 6) is 0. The number of allylic oxidation sites excluding steroid dienone is 6. The molecule has 0 radical (unpaired) electrons. The molecule has 0 spiro atoms. The fourth-order valence-electron chi connectivity index (χ4n) is 1.92. The van der Waals surface area contributed by atoms with E-state index in [2.05, 4.69) is 62.4 Å². The first-order valence-electron chi connectivity index (χ1n) is 5.38. The van der Waals surface area contributed by atoms with Crippen LogP contribution in [0.3, 0.4) is 0 Å². The van der Waals surface area contributed by atoms with Crippen molar-refractivity contribution in [3.63, 3.8) is 0 Å². The molecule has 0 saturated carbocycles. The first-order valence-corrected chi connectivity index (χ1v) is 5.38. The van der Waals surface area contributed by atoms with Crippen LogP contribution in [0.15, 0.2) is 59.7 Å². The molecular weight excluding hydrogens is 180 g/mol. The highest BCUT2D eigenvalue weighted by Gasteiger charge is 2.09. The Bertz CT molecular complexity index is 426. The Hall–Kier alpha value is -1.56. The van der Waals surface area contributed by atoms with Gasteiger partial charge in [0, 0.05) is 0 Å². The van der Waals surface area contributed by atoms with Gasteiger partial charge in [0.25, 0.3) is 0 Å². The van der Waals surface area contributed by atoms with Gasteiger partial charge in [-0.2, -0.15) is 0 Å². The van der Waals surface area contributed by atoms with Crippen LogP contribution in [0, 0.1) is 0 Å². The highest BCUT2D eigenvalue weighted by Crippen LogP contribution is 2.30. The van der Waals surface area contributed by atoms with Gasteiger partial charge in [-0.15, -0.1) is 0 Å². The van der Waals surface area contributed by atoms with E-state index in [0.29, 0.717) is 0 Å². The summed E-state index contributed by atoms with van der Waals surface area (Å²) in [5, 5.41) is 0. The van der Waals surface area contributed by atoms with Gasteiger partial charge in [-0.05, 0) is 37.0 Å². The summed E-state index contributed by atoms with van der Waals surface area (Å²) in [5.41, 5.74) is 5.56. The Kier molecular flexibility index (Phi) is 2.86. The zero-order chi connectivity index (χ0) is 10.7. The van der Waals surface area contributed by atoms with Crippen molar-refractivity contribution in [2.75, 3.05) is 0 Å². The third kappa shape index (κ3) is 2.10. The van der Waals surface area contributed by atoms with Crippen molar-refractivity contribution in [2.45, 2.75) is 20.3 Å². The first kappa shape index (κ1) is 9.97. The summed E-state index contributed by atoms with van der Waals surface area (Å²) in [6.45, 7) is 4.37. The van der Waals surface area contributed by atoms with E-state index in [-0.39, 0.29) is 0 Å². The molecular formula is C15H16. The van der Waals surface area contributed by atoms with Crippen LogP contribution in [0.2, 0.25) is 0 Å². The van der Waals surface area contributed by atoms with Gasteiger partial charge in [-0.25, -0.2) is 0 Å². The standard InChI is InChI=1S/C15H16/c1-12(2)14-10-6-7-11-15(14)13-8-4-3-5-9-13/h3-9,11H,10H2,1-2H3. The second-order valence-corrected chi connectivity index (χ2v) is 4.06. The molecule has 0 heterocycles. The molecule has 1 aliphatic carbocycles. The highest BCUT2D eigenvalue weighted by atomic mass is 14.1. The normalized spacial score (nSPS) is 15.1. The maximum Gasteiger partial charge on any atom is -0.00888 e. The molecule has 0 nitrogen and oxygen atoms in total.